The molecule has 26 heavy (non-hydrogen) atoms. The van der Waals surface area contributed by atoms with E-state index in [1.165, 1.54) is 25.1 Å². The van der Waals surface area contributed by atoms with Crippen molar-refractivity contribution in [2.24, 2.45) is 11.1 Å². The molecule has 6 nitrogen and oxygen atoms in total. The quantitative estimate of drug-likeness (QED) is 0.804. The molecule has 1 aromatic heterocycles. The van der Waals surface area contributed by atoms with Gasteiger partial charge in [-0.2, -0.15) is 18.3 Å². The Kier molecular flexibility index (Phi) is 4.61. The summed E-state index contributed by atoms with van der Waals surface area (Å²) in [5.74, 6) is -4.07. The highest BCUT2D eigenvalue weighted by Gasteiger charge is 2.54. The zero-order valence-electron chi connectivity index (χ0n) is 13.0. The first-order valence-electron chi connectivity index (χ1n) is 7.14. The Hall–Kier alpha value is -2.26. The highest BCUT2D eigenvalue weighted by atomic mass is 35.5. The van der Waals surface area contributed by atoms with Gasteiger partial charge in [0.15, 0.2) is 17.9 Å². The lowest BCUT2D eigenvalue weighted by atomic mass is 9.94. The Morgan fingerprint density at radius 3 is 2.38 bits per heavy atom. The molecule has 0 aliphatic carbocycles. The SMILES string of the molecule is Cc1nn(C2=NOC(c3cc(Cl)cc(Cl)c3)C2C(F)(F)F)cc1C(=O)O. The number of carboxylic acid groups (broad SMARTS) is 1. The third-order valence-corrected chi connectivity index (χ3v) is 4.21. The van der Waals surface area contributed by atoms with Gasteiger partial charge in [-0.1, -0.05) is 28.4 Å². The van der Waals surface area contributed by atoms with Gasteiger partial charge < -0.3 is 9.94 Å². The fourth-order valence-electron chi connectivity index (χ4n) is 2.65. The van der Waals surface area contributed by atoms with Crippen LogP contribution in [-0.2, 0) is 4.84 Å². The van der Waals surface area contributed by atoms with Crippen molar-refractivity contribution < 1.29 is 27.9 Å². The van der Waals surface area contributed by atoms with Gasteiger partial charge in [-0.15, -0.1) is 0 Å². The van der Waals surface area contributed by atoms with E-state index in [9.17, 15) is 18.0 Å². The second-order valence-corrected chi connectivity index (χ2v) is 6.45. The van der Waals surface area contributed by atoms with Crippen LogP contribution in [0.4, 0.5) is 13.2 Å². The predicted molar refractivity (Wildman–Crippen MR) is 86.6 cm³/mol. The van der Waals surface area contributed by atoms with E-state index in [4.69, 9.17) is 33.1 Å². The molecule has 0 saturated carbocycles. The zero-order valence-corrected chi connectivity index (χ0v) is 14.5. The maximum atomic E-state index is 13.7. The van der Waals surface area contributed by atoms with Gasteiger partial charge in [-0.25, -0.2) is 9.48 Å². The van der Waals surface area contributed by atoms with Gasteiger partial charge in [0.1, 0.15) is 5.56 Å². The van der Waals surface area contributed by atoms with E-state index < -0.39 is 30.0 Å². The minimum atomic E-state index is -4.74. The minimum absolute atomic E-state index is 0.0513. The predicted octanol–water partition coefficient (Wildman–Crippen LogP) is 4.31. The van der Waals surface area contributed by atoms with Crippen LogP contribution in [-0.4, -0.2) is 32.9 Å². The van der Waals surface area contributed by atoms with E-state index in [2.05, 4.69) is 10.3 Å². The van der Waals surface area contributed by atoms with E-state index in [0.717, 1.165) is 10.9 Å². The zero-order chi connectivity index (χ0) is 19.2. The summed E-state index contributed by atoms with van der Waals surface area (Å²) in [4.78, 5) is 16.1. The molecule has 0 fully saturated rings. The van der Waals surface area contributed by atoms with Gasteiger partial charge in [-0.3, -0.25) is 0 Å². The second-order valence-electron chi connectivity index (χ2n) is 5.58. The molecule has 2 unspecified atom stereocenters. The molecule has 1 aromatic carbocycles. The lowest BCUT2D eigenvalue weighted by molar-refractivity contribution is -0.178. The maximum absolute atomic E-state index is 13.7. The number of hydrogen-bond donors (Lipinski definition) is 1. The molecule has 3 rings (SSSR count). The molecule has 2 heterocycles. The van der Waals surface area contributed by atoms with Crippen LogP contribution in [0.15, 0.2) is 29.6 Å². The Bertz CT molecular complexity index is 891. The summed E-state index contributed by atoms with van der Waals surface area (Å²) in [5, 5.41) is 16.7. The number of aromatic nitrogens is 2. The van der Waals surface area contributed by atoms with Crippen LogP contribution in [0.1, 0.15) is 27.7 Å². The smallest absolute Gasteiger partial charge is 0.403 e. The highest BCUT2D eigenvalue weighted by molar-refractivity contribution is 6.34. The summed E-state index contributed by atoms with van der Waals surface area (Å²) in [5.41, 5.74) is -0.0934. The first kappa shape index (κ1) is 18.5. The normalized spacial score (nSPS) is 20.0. The molecule has 2 aromatic rings. The van der Waals surface area contributed by atoms with Crippen molar-refractivity contribution in [2.45, 2.75) is 19.2 Å². The summed E-state index contributed by atoms with van der Waals surface area (Å²) in [6.45, 7) is 1.37. The third-order valence-electron chi connectivity index (χ3n) is 3.77. The van der Waals surface area contributed by atoms with Crippen molar-refractivity contribution in [1.29, 1.82) is 0 Å². The molecule has 2 atom stereocenters. The topological polar surface area (TPSA) is 76.7 Å². The third kappa shape index (κ3) is 3.36. The summed E-state index contributed by atoms with van der Waals surface area (Å²) < 4.78 is 41.9. The van der Waals surface area contributed by atoms with E-state index in [-0.39, 0.29) is 26.9 Å². The number of aryl methyl sites for hydroxylation is 1. The summed E-state index contributed by atoms with van der Waals surface area (Å²) >= 11 is 11.7. The number of alkyl halides is 3. The lowest BCUT2D eigenvalue weighted by Gasteiger charge is -2.21. The maximum Gasteiger partial charge on any atom is 0.403 e. The number of benzene rings is 1. The summed E-state index contributed by atoms with van der Waals surface area (Å²) in [6.07, 6.45) is -5.30. The van der Waals surface area contributed by atoms with Crippen LogP contribution < -0.4 is 0 Å². The Morgan fingerprint density at radius 1 is 1.27 bits per heavy atom. The molecular formula is C15H10Cl2F3N3O3. The van der Waals surface area contributed by atoms with Crippen molar-refractivity contribution in [3.05, 3.63) is 51.3 Å². The van der Waals surface area contributed by atoms with Crippen LogP contribution in [0, 0.1) is 12.8 Å². The molecule has 1 N–H and O–H groups in total. The van der Waals surface area contributed by atoms with Crippen LogP contribution in [0.5, 0.6) is 0 Å². The van der Waals surface area contributed by atoms with Crippen LogP contribution in [0.25, 0.3) is 0 Å². The van der Waals surface area contributed by atoms with E-state index in [0.29, 0.717) is 0 Å². The molecule has 138 valence electrons. The van der Waals surface area contributed by atoms with Crippen molar-refractivity contribution >= 4 is 35.0 Å². The van der Waals surface area contributed by atoms with Crippen molar-refractivity contribution in [3.8, 4) is 0 Å². The highest BCUT2D eigenvalue weighted by Crippen LogP contribution is 2.44. The Labute approximate surface area is 154 Å². The van der Waals surface area contributed by atoms with Gasteiger partial charge in [0.25, 0.3) is 0 Å². The molecule has 0 saturated heterocycles. The molecular weight excluding hydrogens is 398 g/mol. The van der Waals surface area contributed by atoms with Gasteiger partial charge in [0.05, 0.1) is 5.69 Å². The minimum Gasteiger partial charge on any atom is -0.478 e. The van der Waals surface area contributed by atoms with E-state index in [1.807, 2.05) is 0 Å². The molecule has 1 aliphatic rings. The van der Waals surface area contributed by atoms with Gasteiger partial charge in [-0.05, 0) is 30.7 Å². The van der Waals surface area contributed by atoms with E-state index in [1.54, 1.807) is 0 Å². The average molecular weight is 408 g/mol. The van der Waals surface area contributed by atoms with Crippen molar-refractivity contribution in [1.82, 2.24) is 9.78 Å². The van der Waals surface area contributed by atoms with E-state index >= 15 is 0 Å². The Morgan fingerprint density at radius 2 is 1.88 bits per heavy atom. The van der Waals surface area contributed by atoms with Gasteiger partial charge in [0, 0.05) is 16.2 Å². The molecule has 0 bridgehead atoms. The number of rotatable bonds is 2. The van der Waals surface area contributed by atoms with Gasteiger partial charge in [0.2, 0.25) is 0 Å². The number of carboxylic acids is 1. The lowest BCUT2D eigenvalue weighted by Crippen LogP contribution is -2.36. The first-order valence-corrected chi connectivity index (χ1v) is 7.90. The number of halogens is 5. The number of carbonyl (C=O) groups is 1. The van der Waals surface area contributed by atoms with Crippen molar-refractivity contribution in [3.63, 3.8) is 0 Å². The number of hydrogen-bond acceptors (Lipinski definition) is 4. The fourth-order valence-corrected chi connectivity index (χ4v) is 3.19. The largest absolute Gasteiger partial charge is 0.478 e. The molecule has 11 heteroatoms. The number of oxime groups is 1. The van der Waals surface area contributed by atoms with Crippen LogP contribution in [0.2, 0.25) is 10.0 Å². The molecule has 1 aliphatic heterocycles. The molecule has 0 spiro atoms. The first-order chi connectivity index (χ1) is 12.1. The van der Waals surface area contributed by atoms with Gasteiger partial charge >= 0.3 is 12.1 Å². The van der Waals surface area contributed by atoms with Crippen LogP contribution in [0.3, 0.4) is 0 Å². The summed E-state index contributed by atoms with van der Waals surface area (Å²) in [6, 6.07) is 3.97. The standard InChI is InChI=1S/C15H10Cl2F3N3O3/c1-6-10(14(24)25)5-23(21-6)13-11(15(18,19)20)12(26-22-13)7-2-8(16)4-9(17)3-7/h2-5,11-12H,1H3,(H,24,25). The number of aromatic carboxylic acids is 1. The monoisotopic (exact) mass is 407 g/mol. The van der Waals surface area contributed by atoms with Crippen molar-refractivity contribution in [2.75, 3.05) is 0 Å². The summed E-state index contributed by atoms with van der Waals surface area (Å²) in [7, 11) is 0. The molecule has 0 amide bonds. The molecule has 0 radical (unpaired) electrons. The average Bonchev–Trinajstić information content (AvgIpc) is 3.08. The van der Waals surface area contributed by atoms with Crippen LogP contribution >= 0.6 is 23.2 Å². The fraction of sp³-hybridized carbons (Fsp3) is 0.267. The number of nitrogens with zero attached hydrogens (tertiary/aromatic N) is 3. The second kappa shape index (κ2) is 6.48. The Balaban J connectivity index is 2.05.